The van der Waals surface area contributed by atoms with E-state index in [1.165, 1.54) is 0 Å². The van der Waals surface area contributed by atoms with Gasteiger partial charge in [-0.3, -0.25) is 0 Å². The van der Waals surface area contributed by atoms with Crippen molar-refractivity contribution < 1.29 is 13.6 Å². The van der Waals surface area contributed by atoms with Gasteiger partial charge in [-0.1, -0.05) is 65.5 Å². The second kappa shape index (κ2) is 10.3. The van der Waals surface area contributed by atoms with Crippen molar-refractivity contribution >= 4 is 13.4 Å². The zero-order valence-corrected chi connectivity index (χ0v) is 15.9. The van der Waals surface area contributed by atoms with Gasteiger partial charge in [-0.25, -0.2) is 0 Å². The zero-order valence-electron chi connectivity index (χ0n) is 15.0. The summed E-state index contributed by atoms with van der Waals surface area (Å²) in [5.74, 6) is 0. The molecule has 0 aromatic heterocycles. The molecule has 2 rings (SSSR count). The van der Waals surface area contributed by atoms with Crippen LogP contribution in [0, 0.1) is 0 Å². The molecule has 6 heteroatoms. The van der Waals surface area contributed by atoms with Gasteiger partial charge in [-0.05, 0) is 20.8 Å². The van der Waals surface area contributed by atoms with E-state index in [9.17, 15) is 0 Å². The molecule has 0 bridgehead atoms. The summed E-state index contributed by atoms with van der Waals surface area (Å²) >= 11 is 0. The van der Waals surface area contributed by atoms with Crippen LogP contribution < -0.4 is 0 Å². The Hall–Kier alpha value is -1.78. The molecular weight excluding hydrogens is 335 g/mol. The molecule has 0 N–H and O–H groups in total. The number of hydrogen-bond acceptors (Lipinski definition) is 4. The standard InChI is InChI=1S/C19H25N2O3P/c1-4-22-25(23-5-2,24-6-3)21-20-19(17-13-9-7-10-14-17)18-15-11-8-12-16-18/h7-16H,4-6H2,1-3H3. The molecular formula is C19H25N2O3P. The van der Waals surface area contributed by atoms with Crippen molar-refractivity contribution in [3.63, 3.8) is 0 Å². The fraction of sp³-hybridized carbons (Fsp3) is 0.316. The summed E-state index contributed by atoms with van der Waals surface area (Å²) in [6, 6.07) is 19.9. The Morgan fingerprint density at radius 2 is 1.12 bits per heavy atom. The summed E-state index contributed by atoms with van der Waals surface area (Å²) < 4.78 is 17.2. The lowest BCUT2D eigenvalue weighted by Gasteiger charge is -2.20. The third kappa shape index (κ3) is 5.62. The third-order valence-electron chi connectivity index (χ3n) is 3.23. The van der Waals surface area contributed by atoms with Crippen LogP contribution in [0.15, 0.2) is 70.6 Å². The Bertz CT molecular complexity index is 653. The van der Waals surface area contributed by atoms with E-state index in [-0.39, 0.29) is 0 Å². The first-order chi connectivity index (χ1) is 12.2. The van der Waals surface area contributed by atoms with Crippen LogP contribution >= 0.6 is 7.74 Å². The SMILES string of the molecule is CCOP(=NN=C(c1ccccc1)c1ccccc1)(OCC)OCC. The maximum absolute atomic E-state index is 5.73. The molecule has 0 heterocycles. The molecule has 2 aromatic carbocycles. The van der Waals surface area contributed by atoms with Crippen LogP contribution in [0.4, 0.5) is 0 Å². The molecule has 0 atom stereocenters. The van der Waals surface area contributed by atoms with Gasteiger partial charge in [0.05, 0.1) is 19.8 Å². The second-order valence-electron chi connectivity index (χ2n) is 4.99. The van der Waals surface area contributed by atoms with E-state index >= 15 is 0 Å². The van der Waals surface area contributed by atoms with Gasteiger partial charge in [-0.15, -0.1) is 5.10 Å². The van der Waals surface area contributed by atoms with Crippen molar-refractivity contribution in [3.05, 3.63) is 71.8 Å². The Morgan fingerprint density at radius 3 is 1.48 bits per heavy atom. The lowest BCUT2D eigenvalue weighted by molar-refractivity contribution is 0.162. The normalized spacial score (nSPS) is 11.2. The number of nitrogens with zero attached hydrogens (tertiary/aromatic N) is 2. The van der Waals surface area contributed by atoms with E-state index in [2.05, 4.69) is 9.96 Å². The van der Waals surface area contributed by atoms with Gasteiger partial charge in [0.15, 0.2) is 0 Å². The van der Waals surface area contributed by atoms with Crippen molar-refractivity contribution in [2.75, 3.05) is 19.8 Å². The maximum atomic E-state index is 5.73. The van der Waals surface area contributed by atoms with Gasteiger partial charge < -0.3 is 13.6 Å². The van der Waals surface area contributed by atoms with Crippen molar-refractivity contribution in [2.24, 2.45) is 9.96 Å². The largest absolute Gasteiger partial charge is 0.378 e. The van der Waals surface area contributed by atoms with Crippen LogP contribution in [0.5, 0.6) is 0 Å². The molecule has 0 amide bonds. The van der Waals surface area contributed by atoms with E-state index in [4.69, 9.17) is 13.6 Å². The van der Waals surface area contributed by atoms with Gasteiger partial charge in [0, 0.05) is 11.1 Å². The number of hydrogen-bond donors (Lipinski definition) is 0. The average Bonchev–Trinajstić information content (AvgIpc) is 2.64. The van der Waals surface area contributed by atoms with Crippen LogP contribution in [-0.2, 0) is 13.6 Å². The Balaban J connectivity index is 2.55. The molecule has 134 valence electrons. The van der Waals surface area contributed by atoms with Crippen LogP contribution in [-0.4, -0.2) is 25.5 Å². The minimum absolute atomic E-state index is 0.443. The van der Waals surface area contributed by atoms with Crippen molar-refractivity contribution in [2.45, 2.75) is 20.8 Å². The first-order valence-electron chi connectivity index (χ1n) is 8.48. The summed E-state index contributed by atoms with van der Waals surface area (Å²) in [6.07, 6.45) is 0. The molecule has 0 aliphatic rings. The summed E-state index contributed by atoms with van der Waals surface area (Å²) in [5.41, 5.74) is 2.70. The molecule has 0 saturated heterocycles. The van der Waals surface area contributed by atoms with E-state index in [1.54, 1.807) is 0 Å². The van der Waals surface area contributed by atoms with Crippen LogP contribution in [0.1, 0.15) is 31.9 Å². The highest BCUT2D eigenvalue weighted by atomic mass is 31.2. The fourth-order valence-electron chi connectivity index (χ4n) is 2.25. The van der Waals surface area contributed by atoms with Gasteiger partial charge in [0.2, 0.25) is 0 Å². The lowest BCUT2D eigenvalue weighted by Crippen LogP contribution is -2.04. The van der Waals surface area contributed by atoms with Gasteiger partial charge in [-0.2, -0.15) is 0 Å². The monoisotopic (exact) mass is 360 g/mol. The van der Waals surface area contributed by atoms with Crippen LogP contribution in [0.3, 0.4) is 0 Å². The van der Waals surface area contributed by atoms with E-state index in [1.807, 2.05) is 81.4 Å². The molecule has 0 spiro atoms. The van der Waals surface area contributed by atoms with E-state index < -0.39 is 7.74 Å². The molecule has 0 aliphatic carbocycles. The Morgan fingerprint density at radius 1 is 0.720 bits per heavy atom. The average molecular weight is 360 g/mol. The van der Waals surface area contributed by atoms with Crippen LogP contribution in [0.25, 0.3) is 0 Å². The first-order valence-corrected chi connectivity index (χ1v) is 9.98. The summed E-state index contributed by atoms with van der Waals surface area (Å²) in [4.78, 5) is 4.41. The second-order valence-corrected chi connectivity index (χ2v) is 6.88. The topological polar surface area (TPSA) is 52.4 Å². The lowest BCUT2D eigenvalue weighted by atomic mass is 10.0. The molecule has 0 radical (unpaired) electrons. The van der Waals surface area contributed by atoms with Crippen molar-refractivity contribution in [1.29, 1.82) is 0 Å². The van der Waals surface area contributed by atoms with Crippen LogP contribution in [0.2, 0.25) is 0 Å². The Labute approximate surface area is 149 Å². The predicted octanol–water partition coefficient (Wildman–Crippen LogP) is 5.49. The Kier molecular flexibility index (Phi) is 8.02. The van der Waals surface area contributed by atoms with Crippen molar-refractivity contribution in [3.8, 4) is 0 Å². The van der Waals surface area contributed by atoms with Crippen molar-refractivity contribution in [1.82, 2.24) is 0 Å². The first kappa shape index (κ1) is 19.5. The number of benzene rings is 2. The highest BCUT2D eigenvalue weighted by Gasteiger charge is 2.23. The third-order valence-corrected chi connectivity index (χ3v) is 5.29. The van der Waals surface area contributed by atoms with E-state index in [0.717, 1.165) is 16.8 Å². The molecule has 0 unspecified atom stereocenters. The summed E-state index contributed by atoms with van der Waals surface area (Å²) in [7, 11) is -2.85. The molecule has 5 nitrogen and oxygen atoms in total. The predicted molar refractivity (Wildman–Crippen MR) is 103 cm³/mol. The summed E-state index contributed by atoms with van der Waals surface area (Å²) in [5, 5.41) is 4.51. The quantitative estimate of drug-likeness (QED) is 0.337. The maximum Gasteiger partial charge on any atom is 0.378 e. The molecule has 0 fully saturated rings. The van der Waals surface area contributed by atoms with Gasteiger partial charge in [0.25, 0.3) is 0 Å². The van der Waals surface area contributed by atoms with Gasteiger partial charge >= 0.3 is 7.74 Å². The summed E-state index contributed by atoms with van der Waals surface area (Å²) in [6.45, 7) is 7.00. The molecule has 2 aromatic rings. The molecule has 0 aliphatic heterocycles. The highest BCUT2D eigenvalue weighted by molar-refractivity contribution is 7.51. The minimum atomic E-state index is -2.85. The number of rotatable bonds is 9. The highest BCUT2D eigenvalue weighted by Crippen LogP contribution is 2.53. The van der Waals surface area contributed by atoms with Gasteiger partial charge in [0.1, 0.15) is 5.71 Å². The smallest absolute Gasteiger partial charge is 0.302 e. The van der Waals surface area contributed by atoms with E-state index in [0.29, 0.717) is 19.8 Å². The fourth-order valence-corrected chi connectivity index (χ4v) is 3.81. The minimum Gasteiger partial charge on any atom is -0.302 e. The zero-order chi connectivity index (χ0) is 18.0. The molecule has 0 saturated carbocycles. The molecule has 25 heavy (non-hydrogen) atoms.